The highest BCUT2D eigenvalue weighted by atomic mass is 32.1. The van der Waals surface area contributed by atoms with Crippen molar-refractivity contribution in [1.82, 2.24) is 18.7 Å². The molecule has 0 fully saturated rings. The number of hydrogen-bond acceptors (Lipinski definition) is 2. The first-order valence-corrected chi connectivity index (χ1v) is 22.0. The average molecular weight is 841 g/mol. The molecular formula is C59H36N4S. The Morgan fingerprint density at radius 1 is 0.391 bits per heavy atom. The molecule has 14 rings (SSSR count). The second kappa shape index (κ2) is 13.6. The van der Waals surface area contributed by atoms with Crippen molar-refractivity contribution >= 4 is 96.9 Å². The Morgan fingerprint density at radius 3 is 1.55 bits per heavy atom. The van der Waals surface area contributed by atoms with Crippen LogP contribution in [-0.2, 0) is 0 Å². The Kier molecular flexibility index (Phi) is 6.04. The minimum atomic E-state index is -0.500. The summed E-state index contributed by atoms with van der Waals surface area (Å²) in [4.78, 5) is 5.72. The molecule has 14 aromatic rings. The maximum atomic E-state index is 9.51. The summed E-state index contributed by atoms with van der Waals surface area (Å²) < 4.78 is 81.4. The van der Waals surface area contributed by atoms with Crippen molar-refractivity contribution < 1.29 is 11.0 Å². The van der Waals surface area contributed by atoms with Gasteiger partial charge in [0, 0.05) is 64.1 Å². The predicted octanol–water partition coefficient (Wildman–Crippen LogP) is 16.1. The molecule has 5 heterocycles. The Balaban J connectivity index is 1.19. The SMILES string of the molecule is [2H]c1c([2H])c([2H])c2c(c1[2H])c1c([2H])c([2H])c([2H])c([2H])c1n2-c1cc(-c2c(-c3ccc4sc5ccccc5c4c3)cccc2-n2c3ccccc3c3ccccc32)nc(-n2c3ccccc3c3ccccc32)c1. The first kappa shape index (κ1) is 28.4. The molecule has 5 heteroatoms. The fraction of sp³-hybridized carbons (Fsp3) is 0. The third-order valence-corrected chi connectivity index (χ3v) is 13.9. The van der Waals surface area contributed by atoms with Crippen LogP contribution in [0.1, 0.15) is 11.0 Å². The van der Waals surface area contributed by atoms with Crippen LogP contribution in [0.15, 0.2) is 218 Å². The van der Waals surface area contributed by atoms with Crippen molar-refractivity contribution in [2.75, 3.05) is 0 Å². The van der Waals surface area contributed by atoms with E-state index in [0.29, 0.717) is 17.2 Å². The molecule has 0 amide bonds. The molecule has 0 N–H and O–H groups in total. The van der Waals surface area contributed by atoms with Gasteiger partial charge in [-0.2, -0.15) is 0 Å². The van der Waals surface area contributed by atoms with E-state index in [-0.39, 0.29) is 33.9 Å². The minimum Gasteiger partial charge on any atom is -0.309 e. The quantitative estimate of drug-likeness (QED) is 0.170. The number of aromatic nitrogens is 4. The lowest BCUT2D eigenvalue weighted by atomic mass is 9.94. The van der Waals surface area contributed by atoms with Gasteiger partial charge in [0.25, 0.3) is 0 Å². The number of pyridine rings is 1. The molecule has 0 spiro atoms. The number of fused-ring (bicyclic) bond motifs is 12. The Morgan fingerprint density at radius 2 is 0.922 bits per heavy atom. The number of nitrogens with zero attached hydrogens (tertiary/aromatic N) is 4. The van der Waals surface area contributed by atoms with Crippen LogP contribution >= 0.6 is 11.3 Å². The molecule has 0 radical (unpaired) electrons. The van der Waals surface area contributed by atoms with E-state index in [1.165, 1.54) is 4.70 Å². The van der Waals surface area contributed by atoms with E-state index in [0.717, 1.165) is 81.5 Å². The van der Waals surface area contributed by atoms with Crippen molar-refractivity contribution in [2.24, 2.45) is 0 Å². The van der Waals surface area contributed by atoms with E-state index in [1.807, 2.05) is 48.5 Å². The zero-order valence-electron chi connectivity index (χ0n) is 41.9. The normalized spacial score (nSPS) is 13.8. The maximum Gasteiger partial charge on any atom is 0.140 e. The Hall–Kier alpha value is -8.25. The van der Waals surface area contributed by atoms with Gasteiger partial charge in [-0.3, -0.25) is 4.57 Å². The van der Waals surface area contributed by atoms with Crippen molar-refractivity contribution in [3.05, 3.63) is 218 Å². The summed E-state index contributed by atoms with van der Waals surface area (Å²) in [5.41, 5.74) is 8.15. The first-order chi connectivity index (χ1) is 35.1. The Labute approximate surface area is 383 Å². The van der Waals surface area contributed by atoms with Crippen molar-refractivity contribution in [1.29, 1.82) is 0 Å². The summed E-state index contributed by atoms with van der Waals surface area (Å²) in [5, 5.41) is 6.46. The molecular weight excluding hydrogens is 797 g/mol. The van der Waals surface area contributed by atoms with Gasteiger partial charge in [0.05, 0.1) is 61.1 Å². The average Bonchev–Trinajstić information content (AvgIpc) is 4.17. The minimum absolute atomic E-state index is 0.00226. The van der Waals surface area contributed by atoms with Gasteiger partial charge in [0.1, 0.15) is 5.82 Å². The third-order valence-electron chi connectivity index (χ3n) is 12.7. The molecule has 0 unspecified atom stereocenters. The lowest BCUT2D eigenvalue weighted by molar-refractivity contribution is 1.06. The fourth-order valence-corrected chi connectivity index (χ4v) is 11.1. The molecule has 0 aliphatic heterocycles. The summed E-state index contributed by atoms with van der Waals surface area (Å²) in [6.45, 7) is 0. The van der Waals surface area contributed by atoms with E-state index in [9.17, 15) is 5.48 Å². The van der Waals surface area contributed by atoms with E-state index in [1.54, 1.807) is 15.9 Å². The smallest absolute Gasteiger partial charge is 0.140 e. The van der Waals surface area contributed by atoms with Crippen LogP contribution in [-0.4, -0.2) is 18.7 Å². The van der Waals surface area contributed by atoms with Gasteiger partial charge in [0.15, 0.2) is 0 Å². The second-order valence-electron chi connectivity index (χ2n) is 16.1. The van der Waals surface area contributed by atoms with E-state index < -0.39 is 36.3 Å². The largest absolute Gasteiger partial charge is 0.309 e. The summed E-state index contributed by atoms with van der Waals surface area (Å²) in [5.74, 6) is 0.485. The molecule has 4 nitrogen and oxygen atoms in total. The molecule has 0 aliphatic carbocycles. The van der Waals surface area contributed by atoms with Gasteiger partial charge < -0.3 is 9.13 Å². The molecule has 64 heavy (non-hydrogen) atoms. The predicted molar refractivity (Wildman–Crippen MR) is 271 cm³/mol. The molecule has 0 saturated heterocycles. The molecule has 298 valence electrons. The van der Waals surface area contributed by atoms with Crippen LogP contribution in [0.4, 0.5) is 0 Å². The lowest BCUT2D eigenvalue weighted by Gasteiger charge is -2.20. The van der Waals surface area contributed by atoms with Crippen molar-refractivity contribution in [3.63, 3.8) is 0 Å². The fourth-order valence-electron chi connectivity index (χ4n) is 10.0. The standard InChI is InChI=1S/C59H36N4S/c1-8-24-49-40(16-1)41-17-2-9-25-50(41)61(49)38-35-48(60-58(36-38)63-53-28-12-5-20-44(53)45-21-6-13-29-54(45)63)59-39(37-32-33-57-47(34-37)46-22-7-14-31-56(46)64-57)23-15-30-55(59)62-51-26-10-3-18-42(51)43-19-4-11-27-52(43)62/h1-36H/i1D,2D,8D,9D,16D,17D,24D,25D. The highest BCUT2D eigenvalue weighted by molar-refractivity contribution is 7.25. The highest BCUT2D eigenvalue weighted by Gasteiger charge is 2.24. The van der Waals surface area contributed by atoms with Crippen molar-refractivity contribution in [3.8, 4) is 39.6 Å². The molecule has 0 atom stereocenters. The highest BCUT2D eigenvalue weighted by Crippen LogP contribution is 2.45. The summed E-state index contributed by atoms with van der Waals surface area (Å²) in [7, 11) is 0. The van der Waals surface area contributed by atoms with Crippen LogP contribution < -0.4 is 0 Å². The monoisotopic (exact) mass is 840 g/mol. The van der Waals surface area contributed by atoms with Gasteiger partial charge in [-0.05, 0) is 77.8 Å². The molecule has 9 aromatic carbocycles. The number of hydrogen-bond donors (Lipinski definition) is 0. The molecule has 5 aromatic heterocycles. The van der Waals surface area contributed by atoms with Crippen LogP contribution in [0.2, 0.25) is 0 Å². The number of rotatable bonds is 5. The number of para-hydroxylation sites is 6. The first-order valence-electron chi connectivity index (χ1n) is 25.1. The zero-order valence-corrected chi connectivity index (χ0v) is 34.7. The summed E-state index contributed by atoms with van der Waals surface area (Å²) in [6.07, 6.45) is 0. The van der Waals surface area contributed by atoms with E-state index >= 15 is 0 Å². The number of benzene rings is 9. The zero-order chi connectivity index (χ0) is 48.8. The van der Waals surface area contributed by atoms with Crippen molar-refractivity contribution in [2.45, 2.75) is 0 Å². The second-order valence-corrected chi connectivity index (χ2v) is 17.2. The molecule has 0 saturated carbocycles. The van der Waals surface area contributed by atoms with Gasteiger partial charge in [-0.15, -0.1) is 11.3 Å². The molecule has 0 bridgehead atoms. The summed E-state index contributed by atoms with van der Waals surface area (Å²) >= 11 is 1.75. The van der Waals surface area contributed by atoms with E-state index in [4.69, 9.17) is 10.5 Å². The third kappa shape index (κ3) is 5.07. The Bertz CT molecular complexity index is 4510. The van der Waals surface area contributed by atoms with Crippen LogP contribution in [0, 0.1) is 0 Å². The van der Waals surface area contributed by atoms with Gasteiger partial charge in [-0.1, -0.05) is 145 Å². The van der Waals surface area contributed by atoms with Gasteiger partial charge in [-0.25, -0.2) is 4.98 Å². The molecule has 0 aliphatic rings. The van der Waals surface area contributed by atoms with Crippen LogP contribution in [0.25, 0.3) is 125 Å². The number of thiophene rings is 1. The topological polar surface area (TPSA) is 27.7 Å². The van der Waals surface area contributed by atoms with Gasteiger partial charge in [0.2, 0.25) is 0 Å². The maximum absolute atomic E-state index is 9.51. The van der Waals surface area contributed by atoms with Gasteiger partial charge >= 0.3 is 0 Å². The van der Waals surface area contributed by atoms with E-state index in [2.05, 4.69) is 130 Å². The van der Waals surface area contributed by atoms with Crippen LogP contribution in [0.3, 0.4) is 0 Å². The lowest BCUT2D eigenvalue weighted by Crippen LogP contribution is -2.05. The summed E-state index contributed by atoms with van der Waals surface area (Å²) in [6, 6.07) is 54.5. The van der Waals surface area contributed by atoms with Crippen LogP contribution in [0.5, 0.6) is 0 Å².